The molecule has 1 N–H and O–H groups in total. The van der Waals surface area contributed by atoms with Gasteiger partial charge in [-0.25, -0.2) is 0 Å². The van der Waals surface area contributed by atoms with E-state index in [1.807, 2.05) is 6.92 Å². The molecular formula is C15H21NO. The Morgan fingerprint density at radius 2 is 1.94 bits per heavy atom. The zero-order chi connectivity index (χ0) is 12.6. The van der Waals surface area contributed by atoms with E-state index >= 15 is 0 Å². The summed E-state index contributed by atoms with van der Waals surface area (Å²) in [6.07, 6.45) is 2.65. The third-order valence-corrected chi connectivity index (χ3v) is 3.19. The minimum atomic E-state index is -0.281. The highest BCUT2D eigenvalue weighted by Crippen LogP contribution is 2.25. The Bertz CT molecular complexity index is 523. The molecule has 2 heteroatoms. The number of aliphatic hydroxyl groups is 1. The number of aryl methyl sites for hydroxylation is 1. The SMILES string of the molecule is Cc1cn(C(C)C)c2cc(CC(C)O)ccc12. The summed E-state index contributed by atoms with van der Waals surface area (Å²) in [4.78, 5) is 0. The zero-order valence-electron chi connectivity index (χ0n) is 11.1. The monoisotopic (exact) mass is 231 g/mol. The van der Waals surface area contributed by atoms with Crippen molar-refractivity contribution in [3.63, 3.8) is 0 Å². The maximum Gasteiger partial charge on any atom is 0.0552 e. The first kappa shape index (κ1) is 12.2. The van der Waals surface area contributed by atoms with E-state index in [-0.39, 0.29) is 6.10 Å². The van der Waals surface area contributed by atoms with Gasteiger partial charge in [0, 0.05) is 23.1 Å². The molecule has 0 bridgehead atoms. The number of rotatable bonds is 3. The molecule has 1 aromatic carbocycles. The van der Waals surface area contributed by atoms with Crippen LogP contribution in [0.2, 0.25) is 0 Å². The van der Waals surface area contributed by atoms with Gasteiger partial charge in [-0.1, -0.05) is 12.1 Å². The summed E-state index contributed by atoms with van der Waals surface area (Å²) in [5.41, 5.74) is 3.79. The molecule has 0 spiro atoms. The van der Waals surface area contributed by atoms with Gasteiger partial charge in [0.1, 0.15) is 0 Å². The summed E-state index contributed by atoms with van der Waals surface area (Å²) in [6, 6.07) is 6.95. The van der Waals surface area contributed by atoms with Crippen molar-refractivity contribution in [2.24, 2.45) is 0 Å². The fraction of sp³-hybridized carbons (Fsp3) is 0.467. The average Bonchev–Trinajstić information content (AvgIpc) is 2.55. The van der Waals surface area contributed by atoms with E-state index in [0.29, 0.717) is 6.04 Å². The highest BCUT2D eigenvalue weighted by molar-refractivity contribution is 5.84. The first-order valence-corrected chi connectivity index (χ1v) is 6.27. The van der Waals surface area contributed by atoms with Gasteiger partial charge in [0.15, 0.2) is 0 Å². The first-order chi connectivity index (χ1) is 7.99. The van der Waals surface area contributed by atoms with Crippen LogP contribution in [0.1, 0.15) is 37.9 Å². The van der Waals surface area contributed by atoms with Crippen molar-refractivity contribution in [3.8, 4) is 0 Å². The maximum absolute atomic E-state index is 9.45. The molecule has 0 amide bonds. The molecule has 0 saturated carbocycles. The van der Waals surface area contributed by atoms with Crippen LogP contribution in [0.5, 0.6) is 0 Å². The van der Waals surface area contributed by atoms with Crippen LogP contribution < -0.4 is 0 Å². The third kappa shape index (κ3) is 2.37. The second-order valence-corrected chi connectivity index (χ2v) is 5.22. The lowest BCUT2D eigenvalue weighted by atomic mass is 10.1. The number of aliphatic hydroxyl groups excluding tert-OH is 1. The van der Waals surface area contributed by atoms with Crippen molar-refractivity contribution in [1.29, 1.82) is 0 Å². The molecule has 0 radical (unpaired) electrons. The molecule has 17 heavy (non-hydrogen) atoms. The van der Waals surface area contributed by atoms with Crippen molar-refractivity contribution < 1.29 is 5.11 Å². The number of hydrogen-bond acceptors (Lipinski definition) is 1. The van der Waals surface area contributed by atoms with Gasteiger partial charge < -0.3 is 9.67 Å². The smallest absolute Gasteiger partial charge is 0.0552 e. The largest absolute Gasteiger partial charge is 0.393 e. The van der Waals surface area contributed by atoms with Gasteiger partial charge in [-0.15, -0.1) is 0 Å². The Kier molecular flexibility index (Phi) is 3.25. The minimum absolute atomic E-state index is 0.281. The van der Waals surface area contributed by atoms with Gasteiger partial charge in [-0.2, -0.15) is 0 Å². The van der Waals surface area contributed by atoms with Gasteiger partial charge in [-0.05, 0) is 51.3 Å². The van der Waals surface area contributed by atoms with Crippen molar-refractivity contribution in [2.75, 3.05) is 0 Å². The molecule has 1 atom stereocenters. The number of aromatic nitrogens is 1. The van der Waals surface area contributed by atoms with Crippen molar-refractivity contribution in [2.45, 2.75) is 46.3 Å². The Balaban J connectivity index is 2.54. The van der Waals surface area contributed by atoms with Crippen LogP contribution in [0.3, 0.4) is 0 Å². The summed E-state index contributed by atoms with van der Waals surface area (Å²) >= 11 is 0. The van der Waals surface area contributed by atoms with Crippen LogP contribution >= 0.6 is 0 Å². The molecule has 0 aliphatic heterocycles. The van der Waals surface area contributed by atoms with Crippen molar-refractivity contribution in [1.82, 2.24) is 4.57 Å². The second kappa shape index (κ2) is 4.53. The summed E-state index contributed by atoms with van der Waals surface area (Å²) in [5.74, 6) is 0. The lowest BCUT2D eigenvalue weighted by Gasteiger charge is -2.10. The first-order valence-electron chi connectivity index (χ1n) is 6.27. The van der Waals surface area contributed by atoms with Gasteiger partial charge >= 0.3 is 0 Å². The van der Waals surface area contributed by atoms with E-state index in [2.05, 4.69) is 49.7 Å². The molecule has 2 rings (SSSR count). The quantitative estimate of drug-likeness (QED) is 0.860. The Morgan fingerprint density at radius 3 is 2.53 bits per heavy atom. The molecule has 2 nitrogen and oxygen atoms in total. The lowest BCUT2D eigenvalue weighted by Crippen LogP contribution is -2.04. The lowest BCUT2D eigenvalue weighted by molar-refractivity contribution is 0.195. The Hall–Kier alpha value is -1.28. The number of fused-ring (bicyclic) bond motifs is 1. The van der Waals surface area contributed by atoms with E-state index in [1.165, 1.54) is 22.0 Å². The van der Waals surface area contributed by atoms with Gasteiger partial charge in [0.05, 0.1) is 6.10 Å². The highest BCUT2D eigenvalue weighted by atomic mass is 16.3. The van der Waals surface area contributed by atoms with E-state index in [1.54, 1.807) is 0 Å². The van der Waals surface area contributed by atoms with Crippen molar-refractivity contribution in [3.05, 3.63) is 35.5 Å². The van der Waals surface area contributed by atoms with Crippen LogP contribution in [-0.2, 0) is 6.42 Å². The molecule has 1 aromatic heterocycles. The standard InChI is InChI=1S/C15H21NO/c1-10(2)16-9-11(3)14-6-5-13(7-12(4)17)8-15(14)16/h5-6,8-10,12,17H,7H2,1-4H3. The molecular weight excluding hydrogens is 210 g/mol. The average molecular weight is 231 g/mol. The van der Waals surface area contributed by atoms with Gasteiger partial charge in [-0.3, -0.25) is 0 Å². The molecule has 2 aromatic rings. The number of hydrogen-bond donors (Lipinski definition) is 1. The molecule has 0 aliphatic carbocycles. The van der Waals surface area contributed by atoms with Crippen LogP contribution in [0, 0.1) is 6.92 Å². The van der Waals surface area contributed by atoms with E-state index in [9.17, 15) is 5.11 Å². The van der Waals surface area contributed by atoms with Crippen LogP contribution in [0.15, 0.2) is 24.4 Å². The predicted molar refractivity (Wildman–Crippen MR) is 72.4 cm³/mol. The molecule has 0 fully saturated rings. The van der Waals surface area contributed by atoms with E-state index in [4.69, 9.17) is 0 Å². The summed E-state index contributed by atoms with van der Waals surface area (Å²) < 4.78 is 2.30. The van der Waals surface area contributed by atoms with Crippen LogP contribution in [0.4, 0.5) is 0 Å². The third-order valence-electron chi connectivity index (χ3n) is 3.19. The molecule has 1 heterocycles. The minimum Gasteiger partial charge on any atom is -0.393 e. The second-order valence-electron chi connectivity index (χ2n) is 5.22. The van der Waals surface area contributed by atoms with Gasteiger partial charge in [0.2, 0.25) is 0 Å². The number of nitrogens with zero attached hydrogens (tertiary/aromatic N) is 1. The fourth-order valence-electron chi connectivity index (χ4n) is 2.37. The maximum atomic E-state index is 9.45. The molecule has 1 unspecified atom stereocenters. The highest BCUT2D eigenvalue weighted by Gasteiger charge is 2.09. The van der Waals surface area contributed by atoms with Crippen molar-refractivity contribution >= 4 is 10.9 Å². The van der Waals surface area contributed by atoms with E-state index in [0.717, 1.165) is 6.42 Å². The normalized spacial score (nSPS) is 13.5. The topological polar surface area (TPSA) is 25.2 Å². The Labute approximate surface area is 103 Å². The summed E-state index contributed by atoms with van der Waals surface area (Å²) in [5, 5.41) is 10.8. The zero-order valence-corrected chi connectivity index (χ0v) is 11.1. The number of benzene rings is 1. The van der Waals surface area contributed by atoms with Crippen LogP contribution in [0.25, 0.3) is 10.9 Å². The summed E-state index contributed by atoms with van der Waals surface area (Å²) in [7, 11) is 0. The fourth-order valence-corrected chi connectivity index (χ4v) is 2.37. The molecule has 0 saturated heterocycles. The van der Waals surface area contributed by atoms with Gasteiger partial charge in [0.25, 0.3) is 0 Å². The predicted octanol–water partition coefficient (Wildman–Crippen LogP) is 3.45. The summed E-state index contributed by atoms with van der Waals surface area (Å²) in [6.45, 7) is 8.37. The van der Waals surface area contributed by atoms with Crippen LogP contribution in [-0.4, -0.2) is 15.8 Å². The molecule has 92 valence electrons. The molecule has 0 aliphatic rings. The Morgan fingerprint density at radius 1 is 1.24 bits per heavy atom. The van der Waals surface area contributed by atoms with E-state index < -0.39 is 0 Å².